The summed E-state index contributed by atoms with van der Waals surface area (Å²) in [5, 5.41) is 18.6. The van der Waals surface area contributed by atoms with E-state index in [9.17, 15) is 19.2 Å². The van der Waals surface area contributed by atoms with Crippen molar-refractivity contribution in [2.24, 2.45) is 0 Å². The van der Waals surface area contributed by atoms with Crippen LogP contribution in [0.15, 0.2) is 29.0 Å². The van der Waals surface area contributed by atoms with Gasteiger partial charge in [0.05, 0.1) is 16.6 Å². The number of hydrogen-bond acceptors (Lipinski definition) is 8. The van der Waals surface area contributed by atoms with Crippen molar-refractivity contribution in [2.75, 3.05) is 17.6 Å². The number of anilines is 2. The third-order valence-corrected chi connectivity index (χ3v) is 5.75. The molecule has 12 heteroatoms. The van der Waals surface area contributed by atoms with Crippen LogP contribution < -0.4 is 37.8 Å². The molecule has 0 spiro atoms. The number of halogens is 1. The minimum atomic E-state index is -1.28. The first-order valence-electron chi connectivity index (χ1n) is 11.5. The smallest absolute Gasteiger partial charge is 0.318 e. The lowest BCUT2D eigenvalue weighted by Gasteiger charge is -2.23. The van der Waals surface area contributed by atoms with Crippen LogP contribution in [-0.2, 0) is 0 Å². The number of carbonyl (C=O) groups is 1. The van der Waals surface area contributed by atoms with Crippen LogP contribution in [0.4, 0.5) is 20.8 Å². The zero-order valence-electron chi connectivity index (χ0n) is 19.9. The number of nitrogens with zero attached hydrogens (tertiary/aromatic N) is 5. The van der Waals surface area contributed by atoms with Crippen LogP contribution in [0.1, 0.15) is 50.5 Å². The largest absolute Gasteiger partial charge is 0.382 e. The van der Waals surface area contributed by atoms with Crippen molar-refractivity contribution in [1.29, 1.82) is 5.26 Å². The summed E-state index contributed by atoms with van der Waals surface area (Å²) in [7, 11) is 0. The molecule has 11 nitrogen and oxygen atoms in total. The van der Waals surface area contributed by atoms with Crippen molar-refractivity contribution >= 4 is 35.5 Å². The fraction of sp³-hybridized carbons (Fsp3) is 0.333. The number of nitrogens with one attached hydrogen (secondary N) is 3. The highest BCUT2D eigenvalue weighted by atomic mass is 19.1. The van der Waals surface area contributed by atoms with Gasteiger partial charge in [-0.25, -0.2) is 24.1 Å². The quantitative estimate of drug-likeness (QED) is 0.461. The molecule has 0 radical (unpaired) electrons. The number of urea groups is 1. The Morgan fingerprint density at radius 1 is 1.39 bits per heavy atom. The number of carbonyl (C=O) groups excluding carboxylic acids is 1. The molecule has 0 fully saturated rings. The van der Waals surface area contributed by atoms with E-state index in [1.54, 1.807) is 19.1 Å². The van der Waals surface area contributed by atoms with Gasteiger partial charge in [0.1, 0.15) is 41.6 Å². The molecule has 4 rings (SSSR count). The molecule has 0 aromatic carbocycles. The van der Waals surface area contributed by atoms with E-state index < -0.39 is 17.8 Å². The van der Waals surface area contributed by atoms with Crippen molar-refractivity contribution in [3.8, 4) is 6.07 Å². The average Bonchev–Trinajstić information content (AvgIpc) is 2.84. The number of hydrogen-bond donors (Lipinski definition) is 4. The maximum absolute atomic E-state index is 14.1. The van der Waals surface area contributed by atoms with Gasteiger partial charge in [-0.15, -0.1) is 0 Å². The van der Waals surface area contributed by atoms with Crippen molar-refractivity contribution < 1.29 is 9.18 Å². The summed E-state index contributed by atoms with van der Waals surface area (Å²) < 4.78 is 15.5. The van der Waals surface area contributed by atoms with E-state index in [0.717, 1.165) is 0 Å². The minimum Gasteiger partial charge on any atom is -0.382 e. The first kappa shape index (κ1) is 24.6. The van der Waals surface area contributed by atoms with Gasteiger partial charge in [0, 0.05) is 24.4 Å². The van der Waals surface area contributed by atoms with Crippen molar-refractivity contribution in [2.45, 2.75) is 45.3 Å². The monoisotopic (exact) mass is 491 g/mol. The summed E-state index contributed by atoms with van der Waals surface area (Å²) in [6.07, 6.45) is 7.65. The molecule has 0 aliphatic heterocycles. The molecule has 186 valence electrons. The third kappa shape index (κ3) is 4.95. The number of rotatable bonds is 6. The van der Waals surface area contributed by atoms with Gasteiger partial charge < -0.3 is 21.7 Å². The molecule has 1 unspecified atom stereocenters. The molecule has 2 aliphatic rings. The predicted octanol–water partition coefficient (Wildman–Crippen LogP) is 0.801. The second kappa shape index (κ2) is 10.4. The number of nitriles is 1. The van der Waals surface area contributed by atoms with Gasteiger partial charge in [-0.1, -0.05) is 12.2 Å². The van der Waals surface area contributed by atoms with E-state index >= 15 is 0 Å². The summed E-state index contributed by atoms with van der Waals surface area (Å²) in [5.74, 6) is 0.541. The molecule has 2 amide bonds. The van der Waals surface area contributed by atoms with Crippen LogP contribution in [-0.4, -0.2) is 38.3 Å². The van der Waals surface area contributed by atoms with E-state index in [1.165, 1.54) is 17.0 Å². The molecule has 2 aliphatic carbocycles. The van der Waals surface area contributed by atoms with Crippen molar-refractivity contribution in [3.05, 3.63) is 56.5 Å². The Balaban J connectivity index is 1.83. The number of aromatic nitrogens is 4. The first-order valence-corrected chi connectivity index (χ1v) is 11.5. The summed E-state index contributed by atoms with van der Waals surface area (Å²) >= 11 is 0. The molecule has 0 saturated heterocycles. The molecule has 2 aromatic heterocycles. The van der Waals surface area contributed by atoms with Gasteiger partial charge in [-0.2, -0.15) is 5.26 Å². The summed E-state index contributed by atoms with van der Waals surface area (Å²) in [4.78, 5) is 38.3. The van der Waals surface area contributed by atoms with E-state index in [1.807, 2.05) is 19.1 Å². The minimum absolute atomic E-state index is 0.0221. The SMILES string of the molecule is CCNC(=O)NC1=CC(n2c([C@H](C)Nc3ncnc(N)c3C#N)nc3c(c2=O)=CC(F)CC=3)=CCC1. The van der Waals surface area contributed by atoms with Crippen LogP contribution in [0, 0.1) is 11.3 Å². The Bertz CT molecular complexity index is 1490. The highest BCUT2D eigenvalue weighted by Gasteiger charge is 2.22. The second-order valence-corrected chi connectivity index (χ2v) is 8.31. The Morgan fingerprint density at radius 2 is 2.19 bits per heavy atom. The van der Waals surface area contributed by atoms with Gasteiger partial charge in [-0.05, 0) is 38.8 Å². The second-order valence-electron chi connectivity index (χ2n) is 8.31. The standard InChI is InChI=1S/C24H26FN9O2/c1-3-28-24(36)32-15-5-4-6-16(10-15)34-22(33-19-8-7-14(25)9-17(19)23(34)35)13(2)31-21-18(11-26)20(27)29-12-30-21/h6,8-10,12-14H,3-5,7H2,1-2H3,(H2,28,32,36)(H3,27,29,30,31)/t13-,14?/m0/s1. The maximum atomic E-state index is 14.1. The molecule has 2 atom stereocenters. The number of alkyl halides is 1. The predicted molar refractivity (Wildman–Crippen MR) is 133 cm³/mol. The fourth-order valence-electron chi connectivity index (χ4n) is 4.07. The van der Waals surface area contributed by atoms with Gasteiger partial charge in [0.2, 0.25) is 0 Å². The highest BCUT2D eigenvalue weighted by molar-refractivity contribution is 5.77. The summed E-state index contributed by atoms with van der Waals surface area (Å²) in [6, 6.07) is 1.02. The lowest BCUT2D eigenvalue weighted by atomic mass is 10.1. The molecule has 5 N–H and O–H groups in total. The van der Waals surface area contributed by atoms with E-state index in [4.69, 9.17) is 10.7 Å². The molecule has 36 heavy (non-hydrogen) atoms. The number of amides is 2. The molecular weight excluding hydrogens is 465 g/mol. The number of nitrogen functional groups attached to an aromatic ring is 1. The third-order valence-electron chi connectivity index (χ3n) is 5.75. The zero-order valence-corrected chi connectivity index (χ0v) is 19.9. The van der Waals surface area contributed by atoms with Crippen LogP contribution in [0.3, 0.4) is 0 Å². The lowest BCUT2D eigenvalue weighted by molar-refractivity contribution is 0.243. The number of fused-ring (bicyclic) bond motifs is 1. The summed E-state index contributed by atoms with van der Waals surface area (Å²) in [5.41, 5.74) is 6.57. The van der Waals surface area contributed by atoms with Crippen LogP contribution in [0.2, 0.25) is 0 Å². The van der Waals surface area contributed by atoms with E-state index in [0.29, 0.717) is 42.0 Å². The van der Waals surface area contributed by atoms with E-state index in [-0.39, 0.29) is 34.9 Å². The van der Waals surface area contributed by atoms with Gasteiger partial charge in [-0.3, -0.25) is 9.36 Å². The topological polar surface area (TPSA) is 164 Å². The Hall–Kier alpha value is -4.53. The van der Waals surface area contributed by atoms with Gasteiger partial charge in [0.15, 0.2) is 0 Å². The van der Waals surface area contributed by atoms with Crippen LogP contribution in [0.5, 0.6) is 0 Å². The average molecular weight is 492 g/mol. The van der Waals surface area contributed by atoms with Crippen molar-refractivity contribution in [3.63, 3.8) is 0 Å². The van der Waals surface area contributed by atoms with Crippen LogP contribution >= 0.6 is 0 Å². The molecule has 2 aromatic rings. The molecule has 0 bridgehead atoms. The van der Waals surface area contributed by atoms with Crippen LogP contribution in [0.25, 0.3) is 17.8 Å². The number of nitrogens with two attached hydrogens (primary N) is 1. The van der Waals surface area contributed by atoms with Crippen molar-refractivity contribution in [1.82, 2.24) is 30.2 Å². The number of allylic oxidation sites excluding steroid dienone is 4. The zero-order chi connectivity index (χ0) is 25.8. The maximum Gasteiger partial charge on any atom is 0.318 e. The van der Waals surface area contributed by atoms with Gasteiger partial charge in [0.25, 0.3) is 5.56 Å². The fourth-order valence-corrected chi connectivity index (χ4v) is 4.07. The molecule has 0 saturated carbocycles. The first-order chi connectivity index (χ1) is 17.3. The lowest BCUT2D eigenvalue weighted by Crippen LogP contribution is -2.50. The Morgan fingerprint density at radius 3 is 2.94 bits per heavy atom. The summed E-state index contributed by atoms with van der Waals surface area (Å²) in [6.45, 7) is 4.04. The van der Waals surface area contributed by atoms with Gasteiger partial charge >= 0.3 is 6.03 Å². The Labute approximate surface area is 206 Å². The van der Waals surface area contributed by atoms with E-state index in [2.05, 4.69) is 25.9 Å². The Kier molecular flexibility index (Phi) is 7.10. The molecule has 2 heterocycles. The highest BCUT2D eigenvalue weighted by Crippen LogP contribution is 2.24. The molecular formula is C24H26FN9O2. The normalized spacial score (nSPS) is 17.2.